The first-order valence-electron chi connectivity index (χ1n) is 6.06. The Balaban J connectivity index is 2.04. The molecule has 2 aromatic rings. The standard InChI is InChI=1S/C15H16BrNO2/c1-10(11-4-2-6-13(16)8-11)17-9-12-5-3-7-14(18)15(12)19/h2-8,10,17-19H,9H2,1H3/t10-/m1/s1. The Kier molecular flexibility index (Phi) is 4.45. The second-order valence-electron chi connectivity index (χ2n) is 4.44. The zero-order valence-electron chi connectivity index (χ0n) is 10.6. The van der Waals surface area contributed by atoms with Gasteiger partial charge in [0.2, 0.25) is 0 Å². The molecule has 0 saturated carbocycles. The van der Waals surface area contributed by atoms with Gasteiger partial charge in [-0.05, 0) is 30.7 Å². The third-order valence-corrected chi connectivity index (χ3v) is 3.54. The van der Waals surface area contributed by atoms with E-state index in [1.807, 2.05) is 18.2 Å². The third-order valence-electron chi connectivity index (χ3n) is 3.05. The molecule has 0 aliphatic carbocycles. The minimum atomic E-state index is -0.0885. The number of benzene rings is 2. The van der Waals surface area contributed by atoms with Crippen LogP contribution in [0, 0.1) is 0 Å². The smallest absolute Gasteiger partial charge is 0.161 e. The van der Waals surface area contributed by atoms with Crippen molar-refractivity contribution in [2.45, 2.75) is 19.5 Å². The van der Waals surface area contributed by atoms with Crippen LogP contribution in [0.25, 0.3) is 0 Å². The third kappa shape index (κ3) is 3.49. The average molecular weight is 322 g/mol. The predicted octanol–water partition coefficient (Wildman–Crippen LogP) is 3.71. The predicted molar refractivity (Wildman–Crippen MR) is 79.2 cm³/mol. The van der Waals surface area contributed by atoms with Crippen molar-refractivity contribution in [3.8, 4) is 11.5 Å². The van der Waals surface area contributed by atoms with Crippen LogP contribution in [0.1, 0.15) is 24.1 Å². The van der Waals surface area contributed by atoms with Crippen molar-refractivity contribution in [3.05, 3.63) is 58.1 Å². The molecule has 0 aliphatic heterocycles. The lowest BCUT2D eigenvalue weighted by molar-refractivity contribution is 0.396. The molecule has 0 spiro atoms. The van der Waals surface area contributed by atoms with Crippen LogP contribution in [0.15, 0.2) is 46.9 Å². The molecule has 3 N–H and O–H groups in total. The van der Waals surface area contributed by atoms with Gasteiger partial charge in [-0.2, -0.15) is 0 Å². The zero-order valence-corrected chi connectivity index (χ0v) is 12.2. The maximum Gasteiger partial charge on any atom is 0.161 e. The molecule has 0 radical (unpaired) electrons. The van der Waals surface area contributed by atoms with E-state index in [2.05, 4.69) is 34.2 Å². The summed E-state index contributed by atoms with van der Waals surface area (Å²) in [5, 5.41) is 22.5. The number of para-hydroxylation sites is 1. The Morgan fingerprint density at radius 1 is 1.16 bits per heavy atom. The van der Waals surface area contributed by atoms with Crippen molar-refractivity contribution in [1.29, 1.82) is 0 Å². The van der Waals surface area contributed by atoms with Gasteiger partial charge in [0, 0.05) is 22.6 Å². The Bertz CT molecular complexity index is 572. The number of phenols is 2. The Morgan fingerprint density at radius 3 is 2.63 bits per heavy atom. The number of rotatable bonds is 4. The molecule has 0 aliphatic rings. The molecule has 0 amide bonds. The van der Waals surface area contributed by atoms with E-state index in [0.29, 0.717) is 12.1 Å². The van der Waals surface area contributed by atoms with E-state index in [0.717, 1.165) is 10.0 Å². The molecular formula is C15H16BrNO2. The van der Waals surface area contributed by atoms with Crippen LogP contribution >= 0.6 is 15.9 Å². The van der Waals surface area contributed by atoms with Crippen molar-refractivity contribution in [3.63, 3.8) is 0 Å². The fourth-order valence-electron chi connectivity index (χ4n) is 1.88. The minimum Gasteiger partial charge on any atom is -0.504 e. The van der Waals surface area contributed by atoms with E-state index in [1.54, 1.807) is 12.1 Å². The maximum absolute atomic E-state index is 9.73. The van der Waals surface area contributed by atoms with E-state index >= 15 is 0 Å². The molecule has 19 heavy (non-hydrogen) atoms. The van der Waals surface area contributed by atoms with E-state index in [1.165, 1.54) is 6.07 Å². The molecule has 0 unspecified atom stereocenters. The molecule has 1 atom stereocenters. The lowest BCUT2D eigenvalue weighted by atomic mass is 10.1. The normalized spacial score (nSPS) is 12.3. The van der Waals surface area contributed by atoms with Gasteiger partial charge in [-0.1, -0.05) is 40.2 Å². The first-order valence-corrected chi connectivity index (χ1v) is 6.86. The van der Waals surface area contributed by atoms with Crippen LogP contribution in [-0.2, 0) is 6.54 Å². The van der Waals surface area contributed by atoms with E-state index in [9.17, 15) is 10.2 Å². The summed E-state index contributed by atoms with van der Waals surface area (Å²) < 4.78 is 1.04. The van der Waals surface area contributed by atoms with Gasteiger partial charge in [-0.15, -0.1) is 0 Å². The summed E-state index contributed by atoms with van der Waals surface area (Å²) in [5.41, 5.74) is 1.84. The van der Waals surface area contributed by atoms with E-state index in [4.69, 9.17) is 0 Å². The van der Waals surface area contributed by atoms with Crippen molar-refractivity contribution in [2.75, 3.05) is 0 Å². The molecule has 100 valence electrons. The molecular weight excluding hydrogens is 306 g/mol. The highest BCUT2D eigenvalue weighted by atomic mass is 79.9. The summed E-state index contributed by atoms with van der Waals surface area (Å²) in [4.78, 5) is 0. The number of hydrogen-bond donors (Lipinski definition) is 3. The molecule has 0 saturated heterocycles. The first-order chi connectivity index (χ1) is 9.08. The molecule has 3 nitrogen and oxygen atoms in total. The maximum atomic E-state index is 9.73. The van der Waals surface area contributed by atoms with Crippen LogP contribution in [0.4, 0.5) is 0 Å². The van der Waals surface area contributed by atoms with Gasteiger partial charge >= 0.3 is 0 Å². The Labute approximate surface area is 121 Å². The van der Waals surface area contributed by atoms with Crippen LogP contribution in [0.3, 0.4) is 0 Å². The number of aromatic hydroxyl groups is 2. The van der Waals surface area contributed by atoms with Crippen molar-refractivity contribution in [2.24, 2.45) is 0 Å². The molecule has 2 rings (SSSR count). The van der Waals surface area contributed by atoms with Gasteiger partial charge in [0.1, 0.15) is 0 Å². The largest absolute Gasteiger partial charge is 0.504 e. The van der Waals surface area contributed by atoms with Crippen molar-refractivity contribution in [1.82, 2.24) is 5.32 Å². The minimum absolute atomic E-state index is 0.0588. The second kappa shape index (κ2) is 6.08. The van der Waals surface area contributed by atoms with Gasteiger partial charge in [-0.25, -0.2) is 0 Å². The summed E-state index contributed by atoms with van der Waals surface area (Å²) in [5.74, 6) is -0.147. The number of halogens is 1. The van der Waals surface area contributed by atoms with Crippen LogP contribution in [0.5, 0.6) is 11.5 Å². The van der Waals surface area contributed by atoms with Crippen LogP contribution in [0.2, 0.25) is 0 Å². The van der Waals surface area contributed by atoms with Crippen LogP contribution < -0.4 is 5.32 Å². The van der Waals surface area contributed by atoms with Crippen LogP contribution in [-0.4, -0.2) is 10.2 Å². The number of hydrogen-bond acceptors (Lipinski definition) is 3. The van der Waals surface area contributed by atoms with E-state index in [-0.39, 0.29) is 17.5 Å². The zero-order chi connectivity index (χ0) is 13.8. The highest BCUT2D eigenvalue weighted by molar-refractivity contribution is 9.10. The molecule has 0 aromatic heterocycles. The average Bonchev–Trinajstić information content (AvgIpc) is 2.40. The molecule has 0 fully saturated rings. The molecule has 0 heterocycles. The summed E-state index contributed by atoms with van der Waals surface area (Å²) >= 11 is 3.45. The monoisotopic (exact) mass is 321 g/mol. The van der Waals surface area contributed by atoms with Gasteiger partial charge in [0.25, 0.3) is 0 Å². The first kappa shape index (κ1) is 13.9. The van der Waals surface area contributed by atoms with Gasteiger partial charge < -0.3 is 15.5 Å². The number of nitrogens with one attached hydrogen (secondary N) is 1. The van der Waals surface area contributed by atoms with Crippen molar-refractivity contribution < 1.29 is 10.2 Å². The highest BCUT2D eigenvalue weighted by Gasteiger charge is 2.09. The van der Waals surface area contributed by atoms with Gasteiger partial charge in [0.05, 0.1) is 0 Å². The quantitative estimate of drug-likeness (QED) is 0.752. The van der Waals surface area contributed by atoms with E-state index < -0.39 is 0 Å². The fraction of sp³-hybridized carbons (Fsp3) is 0.200. The summed E-state index contributed by atoms with van der Waals surface area (Å²) in [7, 11) is 0. The number of phenolic OH excluding ortho intramolecular Hbond substituents is 2. The summed E-state index contributed by atoms with van der Waals surface area (Å²) in [6, 6.07) is 13.2. The SMILES string of the molecule is C[C@@H](NCc1cccc(O)c1O)c1cccc(Br)c1. The van der Waals surface area contributed by atoms with Crippen molar-refractivity contribution >= 4 is 15.9 Å². The summed E-state index contributed by atoms with van der Waals surface area (Å²) in [6.07, 6.45) is 0. The lowest BCUT2D eigenvalue weighted by Gasteiger charge is -2.15. The highest BCUT2D eigenvalue weighted by Crippen LogP contribution is 2.28. The fourth-order valence-corrected chi connectivity index (χ4v) is 2.29. The van der Waals surface area contributed by atoms with Gasteiger partial charge in [-0.3, -0.25) is 0 Å². The molecule has 4 heteroatoms. The molecule has 2 aromatic carbocycles. The molecule has 0 bridgehead atoms. The lowest BCUT2D eigenvalue weighted by Crippen LogP contribution is -2.18. The van der Waals surface area contributed by atoms with Gasteiger partial charge in [0.15, 0.2) is 11.5 Å². The Morgan fingerprint density at radius 2 is 1.89 bits per heavy atom. The Hall–Kier alpha value is -1.52. The topological polar surface area (TPSA) is 52.5 Å². The summed E-state index contributed by atoms with van der Waals surface area (Å²) in [6.45, 7) is 2.55. The second-order valence-corrected chi connectivity index (χ2v) is 5.36.